The van der Waals surface area contributed by atoms with Gasteiger partial charge in [0.2, 0.25) is 0 Å². The van der Waals surface area contributed by atoms with Crippen LogP contribution in [0.2, 0.25) is 0 Å². The lowest BCUT2D eigenvalue weighted by Crippen LogP contribution is -2.45. The second-order valence-corrected chi connectivity index (χ2v) is 6.69. The molecule has 2 aromatic heterocycles. The summed E-state index contributed by atoms with van der Waals surface area (Å²) in [5.41, 5.74) is 1.18. The molecule has 2 aromatic rings. The molecule has 3 unspecified atom stereocenters. The minimum Gasteiger partial charge on any atom is -0.462 e. The first-order valence-electron chi connectivity index (χ1n) is 6.78. The van der Waals surface area contributed by atoms with Crippen molar-refractivity contribution in [3.8, 4) is 0 Å². The molecule has 0 spiro atoms. The molecule has 20 heavy (non-hydrogen) atoms. The Labute approximate surface area is 129 Å². The molecule has 3 atom stereocenters. The summed E-state index contributed by atoms with van der Waals surface area (Å²) in [6, 6.07) is 1.80. The number of carbonyl (C=O) groups is 1. The van der Waals surface area contributed by atoms with Gasteiger partial charge in [-0.2, -0.15) is 0 Å². The molecule has 2 aliphatic heterocycles. The zero-order valence-electron chi connectivity index (χ0n) is 10.8. The third-order valence-electron chi connectivity index (χ3n) is 4.26. The molecule has 2 saturated heterocycles. The molecule has 2 bridgehead atoms. The zero-order chi connectivity index (χ0) is 13.7. The normalized spacial score (nSPS) is 28.1. The van der Waals surface area contributed by atoms with Crippen LogP contribution >= 0.6 is 22.6 Å². The molecular weight excluding hydrogens is 369 g/mol. The first-order valence-corrected chi connectivity index (χ1v) is 7.86. The Bertz CT molecular complexity index is 684. The lowest BCUT2D eigenvalue weighted by Gasteiger charge is -2.25. The average molecular weight is 383 g/mol. The van der Waals surface area contributed by atoms with Gasteiger partial charge in [-0.25, -0.2) is 4.98 Å². The van der Waals surface area contributed by atoms with Gasteiger partial charge in [0, 0.05) is 18.5 Å². The predicted molar refractivity (Wildman–Crippen MR) is 82.3 cm³/mol. The van der Waals surface area contributed by atoms with Gasteiger partial charge in [0.05, 0.1) is 15.9 Å². The molecule has 2 aliphatic rings. The molecular formula is C14H14IN3O2. The van der Waals surface area contributed by atoms with Crippen LogP contribution in [0, 0.1) is 9.49 Å². The number of nitrogens with zero attached hydrogens (tertiary/aromatic N) is 2. The maximum atomic E-state index is 12.3. The Kier molecular flexibility index (Phi) is 2.95. The summed E-state index contributed by atoms with van der Waals surface area (Å²) in [6.07, 6.45) is 5.81. The number of hydrogen-bond acceptors (Lipinski definition) is 4. The largest absolute Gasteiger partial charge is 0.462 e. The van der Waals surface area contributed by atoms with Gasteiger partial charge in [0.1, 0.15) is 12.0 Å². The van der Waals surface area contributed by atoms with E-state index in [4.69, 9.17) is 4.42 Å². The average Bonchev–Trinajstić information content (AvgIpc) is 3.15. The van der Waals surface area contributed by atoms with Crippen LogP contribution in [0.3, 0.4) is 0 Å². The van der Waals surface area contributed by atoms with Crippen molar-refractivity contribution in [1.82, 2.24) is 15.2 Å². The van der Waals surface area contributed by atoms with E-state index < -0.39 is 0 Å². The van der Waals surface area contributed by atoms with E-state index in [0.29, 0.717) is 5.69 Å². The number of pyridine rings is 1. The Morgan fingerprint density at radius 1 is 1.55 bits per heavy atom. The first-order chi connectivity index (χ1) is 9.70. The van der Waals surface area contributed by atoms with Gasteiger partial charge in [0.25, 0.3) is 5.91 Å². The number of carbonyl (C=O) groups excluding carboxylic acids is 1. The van der Waals surface area contributed by atoms with E-state index in [0.717, 1.165) is 40.0 Å². The van der Waals surface area contributed by atoms with Crippen molar-refractivity contribution in [2.45, 2.75) is 19.0 Å². The standard InChI is InChI=1S/C14H14IN3O2/c15-10-7-20-12-5-16-11(4-9(10)12)14(19)17-13-3-8-1-2-18(13)6-8/h4-5,7-8,13H,1-3,6H2,(H,17,19). The molecule has 104 valence electrons. The smallest absolute Gasteiger partial charge is 0.271 e. The lowest BCUT2D eigenvalue weighted by molar-refractivity contribution is 0.0878. The fourth-order valence-corrected chi connectivity index (χ4v) is 3.75. The lowest BCUT2D eigenvalue weighted by atomic mass is 10.0. The van der Waals surface area contributed by atoms with Crippen LogP contribution in [0.15, 0.2) is 22.9 Å². The summed E-state index contributed by atoms with van der Waals surface area (Å²) in [5, 5.41) is 4.04. The number of furan rings is 1. The number of halogens is 1. The third kappa shape index (κ3) is 2.01. The molecule has 5 nitrogen and oxygen atoms in total. The zero-order valence-corrected chi connectivity index (χ0v) is 13.0. The molecule has 4 rings (SSSR count). The minimum atomic E-state index is -0.0959. The number of hydrogen-bond donors (Lipinski definition) is 1. The van der Waals surface area contributed by atoms with Crippen LogP contribution in [0.5, 0.6) is 0 Å². The highest BCUT2D eigenvalue weighted by Crippen LogP contribution is 2.31. The highest BCUT2D eigenvalue weighted by Gasteiger charge is 2.38. The number of fused-ring (bicyclic) bond motifs is 3. The minimum absolute atomic E-state index is 0.0959. The van der Waals surface area contributed by atoms with Gasteiger partial charge in [-0.15, -0.1) is 0 Å². The van der Waals surface area contributed by atoms with E-state index in [1.165, 1.54) is 6.42 Å². The first kappa shape index (κ1) is 12.6. The molecule has 1 N–H and O–H groups in total. The number of rotatable bonds is 2. The van der Waals surface area contributed by atoms with Gasteiger partial charge in [-0.3, -0.25) is 9.69 Å². The van der Waals surface area contributed by atoms with Crippen LogP contribution in [-0.4, -0.2) is 35.0 Å². The molecule has 4 heterocycles. The molecule has 0 saturated carbocycles. The van der Waals surface area contributed by atoms with Crippen LogP contribution in [0.4, 0.5) is 0 Å². The molecule has 0 aliphatic carbocycles. The van der Waals surface area contributed by atoms with Gasteiger partial charge in [-0.1, -0.05) is 0 Å². The maximum Gasteiger partial charge on any atom is 0.271 e. The highest BCUT2D eigenvalue weighted by atomic mass is 127. The van der Waals surface area contributed by atoms with E-state index in [9.17, 15) is 4.79 Å². The summed E-state index contributed by atoms with van der Waals surface area (Å²) in [4.78, 5) is 18.9. The van der Waals surface area contributed by atoms with E-state index in [1.54, 1.807) is 18.5 Å². The van der Waals surface area contributed by atoms with Crippen LogP contribution < -0.4 is 5.32 Å². The molecule has 1 amide bonds. The van der Waals surface area contributed by atoms with E-state index in [1.807, 2.05) is 0 Å². The maximum absolute atomic E-state index is 12.3. The number of nitrogens with one attached hydrogen (secondary N) is 1. The van der Waals surface area contributed by atoms with E-state index >= 15 is 0 Å². The topological polar surface area (TPSA) is 58.4 Å². The van der Waals surface area contributed by atoms with Crippen molar-refractivity contribution in [3.63, 3.8) is 0 Å². The quantitative estimate of drug-likeness (QED) is 0.809. The molecule has 0 aromatic carbocycles. The van der Waals surface area contributed by atoms with Gasteiger partial charge >= 0.3 is 0 Å². The fourth-order valence-electron chi connectivity index (χ4n) is 3.20. The van der Waals surface area contributed by atoms with Crippen molar-refractivity contribution in [2.75, 3.05) is 13.1 Å². The number of piperidine rings is 1. The Morgan fingerprint density at radius 3 is 3.20 bits per heavy atom. The van der Waals surface area contributed by atoms with Crippen molar-refractivity contribution >= 4 is 39.5 Å². The van der Waals surface area contributed by atoms with Crippen molar-refractivity contribution in [2.24, 2.45) is 5.92 Å². The monoisotopic (exact) mass is 383 g/mol. The van der Waals surface area contributed by atoms with Gasteiger partial charge in [-0.05, 0) is 47.4 Å². The summed E-state index contributed by atoms with van der Waals surface area (Å²) >= 11 is 2.20. The van der Waals surface area contributed by atoms with Gasteiger partial charge < -0.3 is 9.73 Å². The van der Waals surface area contributed by atoms with Crippen molar-refractivity contribution < 1.29 is 9.21 Å². The van der Waals surface area contributed by atoms with Crippen molar-refractivity contribution in [3.05, 3.63) is 27.8 Å². The Morgan fingerprint density at radius 2 is 2.45 bits per heavy atom. The van der Waals surface area contributed by atoms with E-state index in [2.05, 4.69) is 37.8 Å². The van der Waals surface area contributed by atoms with Crippen LogP contribution in [0.25, 0.3) is 11.0 Å². The fraction of sp³-hybridized carbons (Fsp3) is 0.429. The Hall–Kier alpha value is -1.15. The Balaban J connectivity index is 1.56. The molecule has 2 fully saturated rings. The molecule has 0 radical (unpaired) electrons. The second kappa shape index (κ2) is 4.70. The van der Waals surface area contributed by atoms with Crippen LogP contribution in [-0.2, 0) is 0 Å². The van der Waals surface area contributed by atoms with E-state index in [-0.39, 0.29) is 12.1 Å². The number of amides is 1. The number of aromatic nitrogens is 1. The van der Waals surface area contributed by atoms with Crippen molar-refractivity contribution in [1.29, 1.82) is 0 Å². The highest BCUT2D eigenvalue weighted by molar-refractivity contribution is 14.1. The SMILES string of the molecule is O=C(NC1CC2CCN1C2)c1cc2c(I)coc2cn1. The summed E-state index contributed by atoms with van der Waals surface area (Å²) in [7, 11) is 0. The second-order valence-electron chi connectivity index (χ2n) is 5.52. The van der Waals surface area contributed by atoms with Crippen LogP contribution in [0.1, 0.15) is 23.3 Å². The summed E-state index contributed by atoms with van der Waals surface area (Å²) in [5.74, 6) is 0.659. The summed E-state index contributed by atoms with van der Waals surface area (Å²) in [6.45, 7) is 2.22. The summed E-state index contributed by atoms with van der Waals surface area (Å²) < 4.78 is 6.35. The third-order valence-corrected chi connectivity index (χ3v) is 5.09. The predicted octanol–water partition coefficient (Wildman–Crippen LogP) is 2.21. The van der Waals surface area contributed by atoms with Gasteiger partial charge in [0.15, 0.2) is 5.58 Å². The molecule has 6 heteroatoms.